The van der Waals surface area contributed by atoms with Crippen molar-refractivity contribution in [3.8, 4) is 5.75 Å². The van der Waals surface area contributed by atoms with Crippen LogP contribution in [0.15, 0.2) is 12.1 Å². The molecule has 0 saturated carbocycles. The highest BCUT2D eigenvalue weighted by Crippen LogP contribution is 2.38. The smallest absolute Gasteiger partial charge is 0.150 e. The van der Waals surface area contributed by atoms with Crippen LogP contribution in [0.3, 0.4) is 0 Å². The highest BCUT2D eigenvalue weighted by Gasteiger charge is 2.35. The minimum atomic E-state index is -2.89. The second-order valence-corrected chi connectivity index (χ2v) is 8.06. The van der Waals surface area contributed by atoms with Gasteiger partial charge in [-0.05, 0) is 43.9 Å². The Morgan fingerprint density at radius 1 is 1.38 bits per heavy atom. The predicted octanol–water partition coefficient (Wildman–Crippen LogP) is 2.40. The molecule has 1 N–H and O–H groups in total. The molecule has 2 unspecified atom stereocenters. The van der Waals surface area contributed by atoms with Gasteiger partial charge in [-0.1, -0.05) is 19.1 Å². The lowest BCUT2D eigenvalue weighted by atomic mass is 9.89. The number of nitrogens with one attached hydrogen (secondary N) is 1. The number of hydrogen-bond acceptors (Lipinski definition) is 4. The van der Waals surface area contributed by atoms with Crippen LogP contribution in [0.5, 0.6) is 5.75 Å². The van der Waals surface area contributed by atoms with E-state index in [2.05, 4.69) is 24.4 Å². The molecule has 2 rings (SSSR count). The summed E-state index contributed by atoms with van der Waals surface area (Å²) in [5.41, 5.74) is 3.38. The predicted molar refractivity (Wildman–Crippen MR) is 85.6 cm³/mol. The lowest BCUT2D eigenvalue weighted by Gasteiger charge is -2.27. The van der Waals surface area contributed by atoms with E-state index in [9.17, 15) is 8.42 Å². The van der Waals surface area contributed by atoms with Gasteiger partial charge in [0, 0.05) is 11.6 Å². The van der Waals surface area contributed by atoms with E-state index in [1.165, 1.54) is 5.56 Å². The summed E-state index contributed by atoms with van der Waals surface area (Å²) in [5, 5.41) is 3.46. The SMILES string of the molecule is CCNC(c1ccc(C)c(C)c1OC)C1CCS(=O)(=O)C1. The zero-order valence-electron chi connectivity index (χ0n) is 13.3. The third kappa shape index (κ3) is 3.40. The van der Waals surface area contributed by atoms with Crippen molar-refractivity contribution in [2.75, 3.05) is 25.2 Å². The van der Waals surface area contributed by atoms with Crippen molar-refractivity contribution in [3.63, 3.8) is 0 Å². The summed E-state index contributed by atoms with van der Waals surface area (Å²) in [6.07, 6.45) is 0.718. The Hall–Kier alpha value is -1.07. The van der Waals surface area contributed by atoms with Gasteiger partial charge in [0.2, 0.25) is 0 Å². The number of hydrogen-bond donors (Lipinski definition) is 1. The molecule has 2 atom stereocenters. The van der Waals surface area contributed by atoms with E-state index in [4.69, 9.17) is 4.74 Å². The van der Waals surface area contributed by atoms with E-state index < -0.39 is 9.84 Å². The molecule has 5 heteroatoms. The molecule has 0 aromatic heterocycles. The van der Waals surface area contributed by atoms with Crippen LogP contribution in [0.4, 0.5) is 0 Å². The summed E-state index contributed by atoms with van der Waals surface area (Å²) >= 11 is 0. The third-order valence-corrected chi connectivity index (χ3v) is 6.20. The zero-order chi connectivity index (χ0) is 15.6. The van der Waals surface area contributed by atoms with Crippen molar-refractivity contribution in [1.29, 1.82) is 0 Å². The Labute approximate surface area is 127 Å². The summed E-state index contributed by atoms with van der Waals surface area (Å²) in [5.74, 6) is 1.56. The first-order chi connectivity index (χ1) is 9.89. The number of sulfone groups is 1. The van der Waals surface area contributed by atoms with Crippen LogP contribution < -0.4 is 10.1 Å². The molecule has 21 heavy (non-hydrogen) atoms. The highest BCUT2D eigenvalue weighted by molar-refractivity contribution is 7.91. The average molecular weight is 311 g/mol. The van der Waals surface area contributed by atoms with E-state index in [0.717, 1.165) is 29.8 Å². The number of ether oxygens (including phenoxy) is 1. The van der Waals surface area contributed by atoms with Gasteiger partial charge in [-0.25, -0.2) is 8.42 Å². The van der Waals surface area contributed by atoms with Crippen LogP contribution in [0.1, 0.15) is 36.1 Å². The zero-order valence-corrected chi connectivity index (χ0v) is 14.1. The molecule has 0 aliphatic carbocycles. The maximum atomic E-state index is 11.8. The first kappa shape index (κ1) is 16.3. The molecule has 1 aliphatic heterocycles. The van der Waals surface area contributed by atoms with E-state index >= 15 is 0 Å². The highest BCUT2D eigenvalue weighted by atomic mass is 32.2. The standard InChI is InChI=1S/C16H25NO3S/c1-5-17-15(13-8-9-21(18,19)10-13)14-7-6-11(2)12(3)16(14)20-4/h6-7,13,15,17H,5,8-10H2,1-4H3. The summed E-state index contributed by atoms with van der Waals surface area (Å²) in [6, 6.07) is 4.18. The first-order valence-corrected chi connectivity index (χ1v) is 9.29. The van der Waals surface area contributed by atoms with Gasteiger partial charge in [0.05, 0.1) is 18.6 Å². The summed E-state index contributed by atoms with van der Waals surface area (Å²) in [6.45, 7) is 6.96. The Balaban J connectivity index is 2.41. The van der Waals surface area contributed by atoms with Gasteiger partial charge in [0.1, 0.15) is 5.75 Å². The molecule has 0 radical (unpaired) electrons. The Bertz CT molecular complexity index is 610. The van der Waals surface area contributed by atoms with Gasteiger partial charge in [-0.2, -0.15) is 0 Å². The lowest BCUT2D eigenvalue weighted by molar-refractivity contribution is 0.362. The molecule has 1 aromatic carbocycles. The molecular weight excluding hydrogens is 286 g/mol. The van der Waals surface area contributed by atoms with Gasteiger partial charge >= 0.3 is 0 Å². The fraction of sp³-hybridized carbons (Fsp3) is 0.625. The lowest BCUT2D eigenvalue weighted by Crippen LogP contribution is -2.29. The molecule has 118 valence electrons. The molecule has 1 heterocycles. The van der Waals surface area contributed by atoms with E-state index in [1.807, 2.05) is 13.8 Å². The largest absolute Gasteiger partial charge is 0.496 e. The molecule has 1 aliphatic rings. The fourth-order valence-electron chi connectivity index (χ4n) is 3.16. The molecule has 0 spiro atoms. The topological polar surface area (TPSA) is 55.4 Å². The van der Waals surface area contributed by atoms with Crippen LogP contribution in [-0.4, -0.2) is 33.6 Å². The van der Waals surface area contributed by atoms with Crippen molar-refractivity contribution in [2.45, 2.75) is 33.2 Å². The maximum Gasteiger partial charge on any atom is 0.150 e. The van der Waals surface area contributed by atoms with Crippen molar-refractivity contribution < 1.29 is 13.2 Å². The first-order valence-electron chi connectivity index (χ1n) is 7.47. The minimum Gasteiger partial charge on any atom is -0.496 e. The van der Waals surface area contributed by atoms with Gasteiger partial charge < -0.3 is 10.1 Å². The number of benzene rings is 1. The quantitative estimate of drug-likeness (QED) is 0.907. The number of aryl methyl sites for hydroxylation is 1. The van der Waals surface area contributed by atoms with Crippen molar-refractivity contribution in [3.05, 3.63) is 28.8 Å². The van der Waals surface area contributed by atoms with Crippen LogP contribution in [0.2, 0.25) is 0 Å². The summed E-state index contributed by atoms with van der Waals surface area (Å²) in [4.78, 5) is 0. The van der Waals surface area contributed by atoms with Crippen LogP contribution in [0, 0.1) is 19.8 Å². The Kier molecular flexibility index (Phi) is 4.94. The molecule has 0 bridgehead atoms. The second-order valence-electron chi connectivity index (χ2n) is 5.83. The normalized spacial score (nSPS) is 22.2. The van der Waals surface area contributed by atoms with Crippen molar-refractivity contribution >= 4 is 9.84 Å². The molecule has 4 nitrogen and oxygen atoms in total. The molecular formula is C16H25NO3S. The molecule has 1 saturated heterocycles. The van der Waals surface area contributed by atoms with E-state index in [0.29, 0.717) is 5.75 Å². The summed E-state index contributed by atoms with van der Waals surface area (Å²) < 4.78 is 29.2. The Morgan fingerprint density at radius 2 is 2.10 bits per heavy atom. The fourth-order valence-corrected chi connectivity index (χ4v) is 5.00. The Morgan fingerprint density at radius 3 is 2.62 bits per heavy atom. The van der Waals surface area contributed by atoms with Crippen LogP contribution >= 0.6 is 0 Å². The second kappa shape index (κ2) is 6.36. The average Bonchev–Trinajstić information content (AvgIpc) is 2.79. The van der Waals surface area contributed by atoms with Gasteiger partial charge in [-0.15, -0.1) is 0 Å². The van der Waals surface area contributed by atoms with Gasteiger partial charge in [0.15, 0.2) is 9.84 Å². The van der Waals surface area contributed by atoms with E-state index in [1.54, 1.807) is 7.11 Å². The molecule has 0 amide bonds. The third-order valence-electron chi connectivity index (χ3n) is 4.41. The summed E-state index contributed by atoms with van der Waals surface area (Å²) in [7, 11) is -1.21. The monoisotopic (exact) mass is 311 g/mol. The van der Waals surface area contributed by atoms with Gasteiger partial charge in [0.25, 0.3) is 0 Å². The van der Waals surface area contributed by atoms with Gasteiger partial charge in [-0.3, -0.25) is 0 Å². The number of rotatable bonds is 5. The van der Waals surface area contributed by atoms with Crippen LogP contribution in [-0.2, 0) is 9.84 Å². The minimum absolute atomic E-state index is 0.0292. The van der Waals surface area contributed by atoms with Crippen molar-refractivity contribution in [1.82, 2.24) is 5.32 Å². The molecule has 1 fully saturated rings. The van der Waals surface area contributed by atoms with E-state index in [-0.39, 0.29) is 17.7 Å². The van der Waals surface area contributed by atoms with Crippen molar-refractivity contribution in [2.24, 2.45) is 5.92 Å². The number of methoxy groups -OCH3 is 1. The van der Waals surface area contributed by atoms with Crippen LogP contribution in [0.25, 0.3) is 0 Å². The molecule has 1 aromatic rings. The maximum absolute atomic E-state index is 11.8.